The maximum Gasteiger partial charge on any atom is 0.269 e. The molecule has 0 bridgehead atoms. The molecule has 8 aromatic rings. The molecule has 0 aliphatic carbocycles. The van der Waals surface area contributed by atoms with Crippen LogP contribution in [0.1, 0.15) is 38.9 Å². The van der Waals surface area contributed by atoms with Gasteiger partial charge < -0.3 is 28.8 Å². The molecule has 8 aromatic carbocycles. The molecule has 9 rings (SSSR count). The van der Waals surface area contributed by atoms with Crippen molar-refractivity contribution in [2.24, 2.45) is 0 Å². The van der Waals surface area contributed by atoms with E-state index in [2.05, 4.69) is 0 Å². The van der Waals surface area contributed by atoms with Gasteiger partial charge in [-0.25, -0.2) is 0 Å². The molecule has 1 aliphatic heterocycles. The van der Waals surface area contributed by atoms with E-state index in [9.17, 15) is 15.2 Å². The van der Waals surface area contributed by atoms with Gasteiger partial charge in [-0.3, -0.25) is 10.1 Å². The monoisotopic (exact) mass is 875 g/mol. The zero-order chi connectivity index (χ0) is 45.2. The fourth-order valence-corrected chi connectivity index (χ4v) is 8.88. The van der Waals surface area contributed by atoms with Gasteiger partial charge >= 0.3 is 0 Å². The third kappa shape index (κ3) is 9.17. The van der Waals surface area contributed by atoms with Crippen LogP contribution >= 0.6 is 0 Å². The van der Waals surface area contributed by atoms with E-state index < -0.39 is 46.8 Å². The predicted octanol–water partition coefficient (Wildman–Crippen LogP) is 11.0. The topological polar surface area (TPSA) is 110 Å². The van der Waals surface area contributed by atoms with Crippen molar-refractivity contribution in [3.8, 4) is 5.75 Å². The van der Waals surface area contributed by atoms with Gasteiger partial charge in [-0.15, -0.1) is 0 Å². The molecule has 1 saturated heterocycles. The predicted molar refractivity (Wildman–Crippen MR) is 253 cm³/mol. The maximum absolute atomic E-state index is 12.8. The second kappa shape index (κ2) is 20.3. The summed E-state index contributed by atoms with van der Waals surface area (Å²) in [6, 6.07) is 75.3. The van der Waals surface area contributed by atoms with Crippen LogP contribution in [-0.4, -0.2) is 47.3 Å². The molecule has 0 radical (unpaired) electrons. The smallest absolute Gasteiger partial charge is 0.269 e. The molecular formula is C57H49NO8. The Hall–Kier alpha value is -7.24. The Morgan fingerprint density at radius 3 is 1.27 bits per heavy atom. The fourth-order valence-electron chi connectivity index (χ4n) is 8.88. The highest BCUT2D eigenvalue weighted by molar-refractivity contribution is 5.49. The van der Waals surface area contributed by atoms with E-state index in [-0.39, 0.29) is 18.9 Å². The Balaban J connectivity index is 1.20. The van der Waals surface area contributed by atoms with Crippen LogP contribution in [0.2, 0.25) is 0 Å². The van der Waals surface area contributed by atoms with E-state index >= 15 is 0 Å². The summed E-state index contributed by atoms with van der Waals surface area (Å²) in [6.45, 7) is -0.00363. The lowest BCUT2D eigenvalue weighted by molar-refractivity contribution is -0.384. The van der Waals surface area contributed by atoms with Gasteiger partial charge in [-0.1, -0.05) is 212 Å². The Bertz CT molecular complexity index is 2540. The molecule has 0 aromatic heterocycles. The van der Waals surface area contributed by atoms with Gasteiger partial charge in [0, 0.05) is 12.1 Å². The van der Waals surface area contributed by atoms with Crippen molar-refractivity contribution in [3.05, 3.63) is 286 Å². The number of aliphatic hydroxyl groups is 1. The molecule has 0 unspecified atom stereocenters. The van der Waals surface area contributed by atoms with Gasteiger partial charge in [0.05, 0.1) is 18.1 Å². The van der Waals surface area contributed by atoms with Crippen molar-refractivity contribution in [2.45, 2.75) is 48.5 Å². The first-order valence-corrected chi connectivity index (χ1v) is 22.0. The minimum atomic E-state index is -1.34. The van der Waals surface area contributed by atoms with Crippen molar-refractivity contribution < 1.29 is 33.7 Å². The minimum Gasteiger partial charge on any atom is -0.482 e. The van der Waals surface area contributed by atoms with E-state index in [1.165, 1.54) is 24.3 Å². The van der Waals surface area contributed by atoms with Crippen molar-refractivity contribution in [3.63, 3.8) is 0 Å². The van der Waals surface area contributed by atoms with E-state index in [1.54, 1.807) is 0 Å². The first-order valence-electron chi connectivity index (χ1n) is 22.0. The summed E-state index contributed by atoms with van der Waals surface area (Å²) in [5.41, 5.74) is 3.43. The molecule has 0 amide bonds. The highest BCUT2D eigenvalue weighted by atomic mass is 16.7. The lowest BCUT2D eigenvalue weighted by Gasteiger charge is -2.48. The number of nitro benzene ring substituents is 1. The summed E-state index contributed by atoms with van der Waals surface area (Å²) in [5.74, 6) is 0.291. The van der Waals surface area contributed by atoms with E-state index in [0.717, 1.165) is 38.9 Å². The number of non-ortho nitro benzene ring substituents is 1. The van der Waals surface area contributed by atoms with Crippen LogP contribution in [0.4, 0.5) is 5.69 Å². The van der Waals surface area contributed by atoms with E-state index in [4.69, 9.17) is 23.7 Å². The Kier molecular flexibility index (Phi) is 13.5. The molecular weight excluding hydrogens is 827 g/mol. The first-order chi connectivity index (χ1) is 32.5. The molecule has 1 aliphatic rings. The SMILES string of the molecule is O=[N+]([O-])c1ccc(O[C@H]2[C@@H](OC(c3ccccc3)(c3ccccc3)c3ccccc3)O[C@H](COC(c3ccccc3)(c3ccccc3)c3ccccc3)[C@H](O)[C@@H]2OCc2ccccc2)cc1. The molecule has 5 atom stereocenters. The van der Waals surface area contributed by atoms with Crippen LogP contribution < -0.4 is 4.74 Å². The van der Waals surface area contributed by atoms with Crippen LogP contribution in [-0.2, 0) is 36.8 Å². The summed E-state index contributed by atoms with van der Waals surface area (Å²) in [6.07, 6.45) is -5.89. The van der Waals surface area contributed by atoms with Crippen LogP contribution in [0.3, 0.4) is 0 Å². The number of rotatable bonds is 17. The normalized spacial score (nSPS) is 18.6. The minimum absolute atomic E-state index is 0.0980. The second-order valence-corrected chi connectivity index (χ2v) is 16.1. The number of aliphatic hydroxyl groups excluding tert-OH is 1. The molecule has 0 spiro atoms. The molecule has 9 nitrogen and oxygen atoms in total. The highest BCUT2D eigenvalue weighted by Gasteiger charge is 2.53. The van der Waals surface area contributed by atoms with Crippen molar-refractivity contribution in [2.75, 3.05) is 6.61 Å². The molecule has 1 N–H and O–H groups in total. The molecule has 9 heteroatoms. The van der Waals surface area contributed by atoms with Gasteiger partial charge in [-0.2, -0.15) is 0 Å². The number of nitrogens with zero attached hydrogens (tertiary/aromatic N) is 1. The Morgan fingerprint density at radius 1 is 0.500 bits per heavy atom. The van der Waals surface area contributed by atoms with Crippen molar-refractivity contribution in [1.82, 2.24) is 0 Å². The zero-order valence-electron chi connectivity index (χ0n) is 36.1. The summed E-state index contributed by atoms with van der Waals surface area (Å²) >= 11 is 0. The van der Waals surface area contributed by atoms with Crippen LogP contribution in [0, 0.1) is 10.1 Å². The van der Waals surface area contributed by atoms with Gasteiger partial charge in [0.15, 0.2) is 12.4 Å². The number of hydrogen-bond donors (Lipinski definition) is 1. The average Bonchev–Trinajstić information content (AvgIpc) is 3.39. The van der Waals surface area contributed by atoms with E-state index in [1.807, 2.05) is 212 Å². The first kappa shape index (κ1) is 44.0. The third-order valence-electron chi connectivity index (χ3n) is 12.1. The quantitative estimate of drug-likeness (QED) is 0.0547. The summed E-state index contributed by atoms with van der Waals surface area (Å²) in [4.78, 5) is 11.3. The molecule has 1 fully saturated rings. The fraction of sp³-hybridized carbons (Fsp3) is 0.158. The number of ether oxygens (including phenoxy) is 5. The van der Waals surface area contributed by atoms with Crippen LogP contribution in [0.5, 0.6) is 5.75 Å². The number of benzene rings is 8. The van der Waals surface area contributed by atoms with E-state index in [0.29, 0.717) is 5.75 Å². The molecule has 66 heavy (non-hydrogen) atoms. The summed E-state index contributed by atoms with van der Waals surface area (Å²) in [5, 5.41) is 24.5. The lowest BCUT2D eigenvalue weighted by Crippen LogP contribution is -2.63. The van der Waals surface area contributed by atoms with Gasteiger partial charge in [0.1, 0.15) is 35.3 Å². The lowest BCUT2D eigenvalue weighted by atomic mass is 9.79. The van der Waals surface area contributed by atoms with Crippen LogP contribution in [0.25, 0.3) is 0 Å². The largest absolute Gasteiger partial charge is 0.482 e. The Morgan fingerprint density at radius 2 is 0.879 bits per heavy atom. The zero-order valence-corrected chi connectivity index (χ0v) is 36.1. The standard InChI is InChI=1S/C57H49NO8/c59-52-51(41-63-56(43-24-10-2-11-25-43,44-26-12-3-13-27-44)45-28-14-4-15-29-45)65-55(54(53(52)62-40-42-22-8-1-9-23-42)64-50-38-36-49(37-39-50)58(60)61)66-57(46-30-16-5-17-31-46,47-32-18-6-19-33-47)48-34-20-7-21-35-48/h1-39,51-55,59H,40-41H2/t51-,52+,53+,54-,55-/m1/s1. The molecule has 0 saturated carbocycles. The maximum atomic E-state index is 12.8. The summed E-state index contributed by atoms with van der Waals surface area (Å²) < 4.78 is 35.7. The van der Waals surface area contributed by atoms with Gasteiger partial charge in [0.2, 0.25) is 0 Å². The third-order valence-corrected chi connectivity index (χ3v) is 12.1. The number of nitro groups is 1. The average molecular weight is 876 g/mol. The molecule has 330 valence electrons. The van der Waals surface area contributed by atoms with Crippen molar-refractivity contribution >= 4 is 5.69 Å². The number of hydrogen-bond acceptors (Lipinski definition) is 8. The van der Waals surface area contributed by atoms with Crippen molar-refractivity contribution in [1.29, 1.82) is 0 Å². The Labute approximate surface area is 384 Å². The van der Waals surface area contributed by atoms with Crippen LogP contribution in [0.15, 0.2) is 237 Å². The highest BCUT2D eigenvalue weighted by Crippen LogP contribution is 2.45. The second-order valence-electron chi connectivity index (χ2n) is 16.1. The van der Waals surface area contributed by atoms with Gasteiger partial charge in [0.25, 0.3) is 5.69 Å². The molecule has 1 heterocycles. The van der Waals surface area contributed by atoms with Gasteiger partial charge in [-0.05, 0) is 51.1 Å². The summed E-state index contributed by atoms with van der Waals surface area (Å²) in [7, 11) is 0.